The molecule has 24 heavy (non-hydrogen) atoms. The molecule has 0 fully saturated rings. The first kappa shape index (κ1) is 19.7. The van der Waals surface area contributed by atoms with Gasteiger partial charge in [0, 0.05) is 11.2 Å². The van der Waals surface area contributed by atoms with E-state index >= 15 is 0 Å². The number of aliphatic imine (C=N–C) groups is 1. The van der Waals surface area contributed by atoms with Crippen molar-refractivity contribution in [2.45, 2.75) is 71.8 Å². The molecule has 0 bridgehead atoms. The Balaban J connectivity index is 1.97. The number of hydrogen-bond donors (Lipinski definition) is 2. The van der Waals surface area contributed by atoms with E-state index in [0.717, 1.165) is 17.3 Å². The van der Waals surface area contributed by atoms with Crippen molar-refractivity contribution in [3.63, 3.8) is 0 Å². The van der Waals surface area contributed by atoms with Gasteiger partial charge in [-0.2, -0.15) is 0 Å². The van der Waals surface area contributed by atoms with Gasteiger partial charge in [-0.25, -0.2) is 4.99 Å². The maximum atomic E-state index is 4.73. The fourth-order valence-electron chi connectivity index (χ4n) is 2.27. The lowest BCUT2D eigenvalue weighted by Crippen LogP contribution is -2.42. The predicted molar refractivity (Wildman–Crippen MR) is 112 cm³/mol. The second-order valence-electron chi connectivity index (χ2n) is 8.18. The standard InChI is InChI=1S/C19H31N3S2/c1-8-19(6,7)22-17-21-16(23-24-17)20-15-11-9-14(10-12-15)13(2)18(3,4)5/h9-13,17,22H,8H2,1-7H3,(H,20,21). The molecule has 0 aliphatic carbocycles. The largest absolute Gasteiger partial charge is 0.334 e. The topological polar surface area (TPSA) is 36.4 Å². The van der Waals surface area contributed by atoms with Gasteiger partial charge in [0.1, 0.15) is 0 Å². The molecule has 1 aliphatic rings. The fraction of sp³-hybridized carbons (Fsp3) is 0.632. The summed E-state index contributed by atoms with van der Waals surface area (Å²) < 4.78 is 0. The number of anilines is 1. The van der Waals surface area contributed by atoms with Crippen LogP contribution in [-0.4, -0.2) is 16.2 Å². The van der Waals surface area contributed by atoms with Crippen molar-refractivity contribution in [2.24, 2.45) is 10.4 Å². The first-order valence-corrected chi connectivity index (χ1v) is 10.9. The van der Waals surface area contributed by atoms with Gasteiger partial charge in [0.15, 0.2) is 10.7 Å². The zero-order valence-electron chi connectivity index (χ0n) is 15.9. The zero-order valence-corrected chi connectivity index (χ0v) is 17.6. The molecular weight excluding hydrogens is 334 g/mol. The second-order valence-corrected chi connectivity index (χ2v) is 10.5. The Hall–Kier alpha value is -0.650. The third-order valence-corrected chi connectivity index (χ3v) is 6.99. The van der Waals surface area contributed by atoms with E-state index in [1.54, 1.807) is 21.6 Å². The van der Waals surface area contributed by atoms with Gasteiger partial charge in [-0.05, 0) is 70.9 Å². The molecule has 134 valence electrons. The Morgan fingerprint density at radius 2 is 1.75 bits per heavy atom. The van der Waals surface area contributed by atoms with Crippen molar-refractivity contribution in [1.29, 1.82) is 0 Å². The summed E-state index contributed by atoms with van der Waals surface area (Å²) in [6, 6.07) is 8.76. The summed E-state index contributed by atoms with van der Waals surface area (Å²) in [4.78, 5) is 4.73. The summed E-state index contributed by atoms with van der Waals surface area (Å²) in [6.07, 6.45) is 1.08. The molecule has 1 aliphatic heterocycles. The monoisotopic (exact) mass is 365 g/mol. The van der Waals surface area contributed by atoms with E-state index in [1.807, 2.05) is 0 Å². The number of nitrogens with zero attached hydrogens (tertiary/aromatic N) is 1. The number of benzene rings is 1. The summed E-state index contributed by atoms with van der Waals surface area (Å²) in [5.41, 5.74) is 2.99. The van der Waals surface area contributed by atoms with Crippen molar-refractivity contribution in [3.05, 3.63) is 29.8 Å². The molecule has 0 amide bonds. The minimum absolute atomic E-state index is 0.113. The van der Waals surface area contributed by atoms with Crippen LogP contribution in [0.25, 0.3) is 0 Å². The van der Waals surface area contributed by atoms with Crippen molar-refractivity contribution in [3.8, 4) is 0 Å². The van der Waals surface area contributed by atoms with Crippen molar-refractivity contribution in [1.82, 2.24) is 5.32 Å². The average Bonchev–Trinajstić information content (AvgIpc) is 2.92. The van der Waals surface area contributed by atoms with Gasteiger partial charge >= 0.3 is 0 Å². The average molecular weight is 366 g/mol. The molecule has 0 radical (unpaired) electrons. The van der Waals surface area contributed by atoms with Crippen molar-refractivity contribution >= 4 is 32.4 Å². The molecule has 2 atom stereocenters. The quantitative estimate of drug-likeness (QED) is 0.622. The third-order valence-electron chi connectivity index (χ3n) is 4.81. The van der Waals surface area contributed by atoms with Gasteiger partial charge in [0.2, 0.25) is 0 Å². The Labute approximate surface area is 155 Å². The zero-order chi connectivity index (χ0) is 18.0. The lowest BCUT2D eigenvalue weighted by molar-refractivity contribution is 0.339. The summed E-state index contributed by atoms with van der Waals surface area (Å²) in [6.45, 7) is 15.8. The molecule has 0 saturated heterocycles. The summed E-state index contributed by atoms with van der Waals surface area (Å²) in [7, 11) is 3.47. The van der Waals surface area contributed by atoms with Gasteiger partial charge in [0.05, 0.1) is 0 Å². The Kier molecular flexibility index (Phi) is 6.32. The van der Waals surface area contributed by atoms with Gasteiger partial charge in [-0.15, -0.1) is 0 Å². The van der Waals surface area contributed by atoms with E-state index in [9.17, 15) is 0 Å². The van der Waals surface area contributed by atoms with Crippen LogP contribution in [0.3, 0.4) is 0 Å². The smallest absolute Gasteiger partial charge is 0.174 e. The van der Waals surface area contributed by atoms with E-state index in [1.165, 1.54) is 5.56 Å². The highest BCUT2D eigenvalue weighted by Crippen LogP contribution is 2.37. The molecule has 5 heteroatoms. The first-order chi connectivity index (χ1) is 11.1. The van der Waals surface area contributed by atoms with Crippen LogP contribution >= 0.6 is 21.6 Å². The highest BCUT2D eigenvalue weighted by atomic mass is 33.1. The minimum Gasteiger partial charge on any atom is -0.334 e. The highest BCUT2D eigenvalue weighted by molar-refractivity contribution is 8.83. The number of amidine groups is 1. The van der Waals surface area contributed by atoms with Crippen LogP contribution in [0.15, 0.2) is 29.3 Å². The first-order valence-electron chi connectivity index (χ1n) is 8.66. The lowest BCUT2D eigenvalue weighted by Gasteiger charge is -2.27. The molecule has 2 unspecified atom stereocenters. The molecule has 1 aromatic carbocycles. The van der Waals surface area contributed by atoms with Crippen LogP contribution in [0.4, 0.5) is 5.69 Å². The molecule has 2 rings (SSSR count). The molecule has 0 spiro atoms. The van der Waals surface area contributed by atoms with E-state index in [4.69, 9.17) is 4.99 Å². The molecule has 1 aromatic rings. The maximum Gasteiger partial charge on any atom is 0.174 e. The highest BCUT2D eigenvalue weighted by Gasteiger charge is 2.26. The second kappa shape index (κ2) is 7.71. The van der Waals surface area contributed by atoms with E-state index in [-0.39, 0.29) is 16.5 Å². The number of rotatable bonds is 5. The number of hydrogen-bond acceptors (Lipinski definition) is 5. The Morgan fingerprint density at radius 3 is 2.29 bits per heavy atom. The predicted octanol–water partition coefficient (Wildman–Crippen LogP) is 6.06. The molecule has 0 saturated carbocycles. The molecule has 3 nitrogen and oxygen atoms in total. The SMILES string of the molecule is CCC(C)(C)NC1N=C(Nc2ccc(C(C)C(C)(C)C)cc2)SS1. The Bertz CT molecular complexity index is 573. The van der Waals surface area contributed by atoms with Crippen molar-refractivity contribution < 1.29 is 0 Å². The molecule has 0 aromatic heterocycles. The fourth-order valence-corrected chi connectivity index (χ4v) is 4.41. The van der Waals surface area contributed by atoms with Crippen LogP contribution in [0.1, 0.15) is 66.4 Å². The van der Waals surface area contributed by atoms with Crippen LogP contribution in [0, 0.1) is 5.41 Å². The van der Waals surface area contributed by atoms with Gasteiger partial charge in [-0.1, -0.05) is 46.8 Å². The van der Waals surface area contributed by atoms with Crippen LogP contribution in [0.2, 0.25) is 0 Å². The van der Waals surface area contributed by atoms with E-state index in [0.29, 0.717) is 5.92 Å². The summed E-state index contributed by atoms with van der Waals surface area (Å²) in [5.74, 6) is 0.533. The molecular formula is C19H31N3S2. The lowest BCUT2D eigenvalue weighted by atomic mass is 9.78. The van der Waals surface area contributed by atoms with Gasteiger partial charge in [-0.3, -0.25) is 5.32 Å². The van der Waals surface area contributed by atoms with Gasteiger partial charge in [0.25, 0.3) is 0 Å². The maximum absolute atomic E-state index is 4.73. The molecule has 2 N–H and O–H groups in total. The summed E-state index contributed by atoms with van der Waals surface area (Å²) >= 11 is 0. The van der Waals surface area contributed by atoms with E-state index in [2.05, 4.69) is 83.4 Å². The van der Waals surface area contributed by atoms with Crippen LogP contribution in [-0.2, 0) is 0 Å². The molecule has 1 heterocycles. The van der Waals surface area contributed by atoms with E-state index < -0.39 is 0 Å². The van der Waals surface area contributed by atoms with Gasteiger partial charge < -0.3 is 5.32 Å². The normalized spacial score (nSPS) is 20.0. The Morgan fingerprint density at radius 1 is 1.12 bits per heavy atom. The third kappa shape index (κ3) is 5.43. The minimum atomic E-state index is 0.113. The van der Waals surface area contributed by atoms with Crippen LogP contribution < -0.4 is 10.6 Å². The van der Waals surface area contributed by atoms with Crippen LogP contribution in [0.5, 0.6) is 0 Å². The van der Waals surface area contributed by atoms with Crippen molar-refractivity contribution in [2.75, 3.05) is 5.32 Å². The summed E-state index contributed by atoms with van der Waals surface area (Å²) in [5, 5.41) is 7.98. The number of nitrogens with one attached hydrogen (secondary N) is 2.